The van der Waals surface area contributed by atoms with Crippen LogP contribution in [0.1, 0.15) is 0 Å². The number of ether oxygens (including phenoxy) is 1. The molecule has 25 heavy (non-hydrogen) atoms. The van der Waals surface area contributed by atoms with E-state index in [-0.39, 0.29) is 10.0 Å². The maximum atomic E-state index is 12.1. The molecule has 0 bridgehead atoms. The fourth-order valence-corrected chi connectivity index (χ4v) is 4.20. The van der Waals surface area contributed by atoms with E-state index in [4.69, 9.17) is 16.3 Å². The minimum Gasteiger partial charge on any atom is -0.495 e. The number of rotatable bonds is 6. The summed E-state index contributed by atoms with van der Waals surface area (Å²) in [5.74, 6) is 1.14. The smallest absolute Gasteiger partial charge is 0.272 e. The summed E-state index contributed by atoms with van der Waals surface area (Å²) < 4.78 is 31.9. The summed E-state index contributed by atoms with van der Waals surface area (Å²) in [6, 6.07) is 11.5. The van der Waals surface area contributed by atoms with Crippen molar-refractivity contribution in [2.75, 3.05) is 17.1 Å². The van der Waals surface area contributed by atoms with Crippen molar-refractivity contribution in [1.82, 2.24) is 10.2 Å². The molecule has 0 unspecified atom stereocenters. The normalized spacial score (nSPS) is 11.1. The first-order valence-corrected chi connectivity index (χ1v) is 9.72. The summed E-state index contributed by atoms with van der Waals surface area (Å²) in [7, 11) is -2.10. The Morgan fingerprint density at radius 1 is 1.12 bits per heavy atom. The summed E-state index contributed by atoms with van der Waals surface area (Å²) >= 11 is 7.19. The Labute approximate surface area is 153 Å². The number of thiophene rings is 1. The second kappa shape index (κ2) is 7.26. The lowest BCUT2D eigenvalue weighted by Gasteiger charge is -2.09. The van der Waals surface area contributed by atoms with E-state index in [1.165, 1.54) is 19.2 Å². The summed E-state index contributed by atoms with van der Waals surface area (Å²) in [5.41, 5.74) is 0.701. The van der Waals surface area contributed by atoms with Gasteiger partial charge in [-0.3, -0.25) is 4.72 Å². The van der Waals surface area contributed by atoms with Crippen LogP contribution in [-0.2, 0) is 10.0 Å². The van der Waals surface area contributed by atoms with Gasteiger partial charge < -0.3 is 10.1 Å². The molecule has 130 valence electrons. The number of hydrogen-bond acceptors (Lipinski definition) is 7. The monoisotopic (exact) mass is 396 g/mol. The maximum absolute atomic E-state index is 12.1. The van der Waals surface area contributed by atoms with Crippen LogP contribution in [0.4, 0.5) is 17.3 Å². The molecule has 2 heterocycles. The second-order valence-electron chi connectivity index (χ2n) is 4.82. The van der Waals surface area contributed by atoms with Gasteiger partial charge in [-0.2, -0.15) is 0 Å². The van der Waals surface area contributed by atoms with Crippen molar-refractivity contribution in [3.05, 3.63) is 52.9 Å². The van der Waals surface area contributed by atoms with Crippen molar-refractivity contribution in [2.45, 2.75) is 4.21 Å². The Kier molecular flexibility index (Phi) is 5.07. The molecule has 0 amide bonds. The van der Waals surface area contributed by atoms with Gasteiger partial charge in [-0.25, -0.2) is 8.42 Å². The largest absolute Gasteiger partial charge is 0.495 e. The highest BCUT2D eigenvalue weighted by atomic mass is 35.5. The van der Waals surface area contributed by atoms with Crippen LogP contribution in [-0.4, -0.2) is 25.7 Å². The number of methoxy groups -OCH3 is 1. The minimum atomic E-state index is -3.64. The number of halogens is 1. The molecule has 1 aromatic carbocycles. The third-order valence-corrected chi connectivity index (χ3v) is 6.14. The Morgan fingerprint density at radius 2 is 1.88 bits per heavy atom. The van der Waals surface area contributed by atoms with Crippen molar-refractivity contribution in [1.29, 1.82) is 0 Å². The molecule has 0 fully saturated rings. The van der Waals surface area contributed by atoms with Crippen molar-refractivity contribution in [3.63, 3.8) is 0 Å². The fraction of sp³-hybridized carbons (Fsp3) is 0.0667. The number of nitrogens with one attached hydrogen (secondary N) is 2. The first kappa shape index (κ1) is 17.5. The molecule has 3 rings (SSSR count). The van der Waals surface area contributed by atoms with Crippen molar-refractivity contribution in [2.24, 2.45) is 0 Å². The molecule has 2 aromatic heterocycles. The Bertz CT molecular complexity index is 961. The van der Waals surface area contributed by atoms with Crippen LogP contribution in [0.2, 0.25) is 5.02 Å². The van der Waals surface area contributed by atoms with E-state index >= 15 is 0 Å². The highest BCUT2D eigenvalue weighted by Crippen LogP contribution is 2.28. The van der Waals surface area contributed by atoms with Gasteiger partial charge in [-0.05, 0) is 41.8 Å². The van der Waals surface area contributed by atoms with Gasteiger partial charge in [0.25, 0.3) is 10.0 Å². The molecule has 2 N–H and O–H groups in total. The molecule has 0 aliphatic carbocycles. The average Bonchev–Trinajstić information content (AvgIpc) is 3.12. The van der Waals surface area contributed by atoms with E-state index in [2.05, 4.69) is 20.2 Å². The molecule has 0 spiro atoms. The predicted molar refractivity (Wildman–Crippen MR) is 98.4 cm³/mol. The van der Waals surface area contributed by atoms with Gasteiger partial charge in [0.15, 0.2) is 11.6 Å². The molecule has 3 aromatic rings. The molecule has 0 atom stereocenters. The molecule has 0 aliphatic rings. The molecular weight excluding hydrogens is 384 g/mol. The van der Waals surface area contributed by atoms with Crippen molar-refractivity contribution >= 4 is 50.3 Å². The first-order valence-electron chi connectivity index (χ1n) is 6.98. The van der Waals surface area contributed by atoms with Crippen LogP contribution < -0.4 is 14.8 Å². The lowest BCUT2D eigenvalue weighted by atomic mass is 10.3. The standard InChI is InChI=1S/C15H13ClN4O3S2/c1-23-12-5-4-10(9-11(12)16)17-13-6-7-14(19-18-13)20-25(21,22)15-3-2-8-24-15/h2-9H,1H3,(H,17,18)(H,19,20). The number of anilines is 3. The molecule has 0 saturated carbocycles. The van der Waals surface area contributed by atoms with Gasteiger partial charge in [0, 0.05) is 5.69 Å². The third-order valence-electron chi connectivity index (χ3n) is 3.09. The molecule has 0 aliphatic heterocycles. The summed E-state index contributed by atoms with van der Waals surface area (Å²) in [4.78, 5) is 0. The van der Waals surface area contributed by atoms with Gasteiger partial charge in [0.1, 0.15) is 9.96 Å². The Morgan fingerprint density at radius 3 is 2.48 bits per heavy atom. The highest BCUT2D eigenvalue weighted by Gasteiger charge is 2.16. The Hall–Kier alpha value is -2.36. The minimum absolute atomic E-state index is 0.131. The zero-order valence-electron chi connectivity index (χ0n) is 12.9. The van der Waals surface area contributed by atoms with Crippen molar-refractivity contribution < 1.29 is 13.2 Å². The van der Waals surface area contributed by atoms with Gasteiger partial charge in [0.05, 0.1) is 12.1 Å². The van der Waals surface area contributed by atoms with E-state index in [1.807, 2.05) is 0 Å². The van der Waals surface area contributed by atoms with Crippen molar-refractivity contribution in [3.8, 4) is 5.75 Å². The van der Waals surface area contributed by atoms with E-state index in [0.717, 1.165) is 11.3 Å². The molecule has 0 radical (unpaired) electrons. The van der Waals surface area contributed by atoms with Gasteiger partial charge >= 0.3 is 0 Å². The van der Waals surface area contributed by atoms with E-state index < -0.39 is 10.0 Å². The topological polar surface area (TPSA) is 93.2 Å². The fourth-order valence-electron chi connectivity index (χ4n) is 1.95. The molecule has 0 saturated heterocycles. The van der Waals surface area contributed by atoms with Crippen LogP contribution in [0.5, 0.6) is 5.75 Å². The number of benzene rings is 1. The quantitative estimate of drug-likeness (QED) is 0.659. The second-order valence-corrected chi connectivity index (χ2v) is 8.08. The highest BCUT2D eigenvalue weighted by molar-refractivity contribution is 7.94. The third kappa shape index (κ3) is 4.19. The summed E-state index contributed by atoms with van der Waals surface area (Å²) in [6.45, 7) is 0. The van der Waals surface area contributed by atoms with Gasteiger partial charge in [0.2, 0.25) is 0 Å². The number of nitrogens with zero attached hydrogens (tertiary/aromatic N) is 2. The zero-order chi connectivity index (χ0) is 17.9. The summed E-state index contributed by atoms with van der Waals surface area (Å²) in [5, 5.41) is 13.0. The molecule has 10 heteroatoms. The molecular formula is C15H13ClN4O3S2. The van der Waals surface area contributed by atoms with Gasteiger partial charge in [-0.15, -0.1) is 21.5 Å². The van der Waals surface area contributed by atoms with E-state index in [1.54, 1.807) is 35.7 Å². The van der Waals surface area contributed by atoms with E-state index in [0.29, 0.717) is 22.3 Å². The number of hydrogen-bond donors (Lipinski definition) is 2. The average molecular weight is 397 g/mol. The SMILES string of the molecule is COc1ccc(Nc2ccc(NS(=O)(=O)c3cccs3)nn2)cc1Cl. The van der Waals surface area contributed by atoms with Gasteiger partial charge in [-0.1, -0.05) is 17.7 Å². The number of sulfonamides is 1. The Balaban J connectivity index is 1.71. The lowest BCUT2D eigenvalue weighted by Crippen LogP contribution is -2.13. The van der Waals surface area contributed by atoms with Crippen LogP contribution in [0.3, 0.4) is 0 Å². The molecule has 7 nitrogen and oxygen atoms in total. The number of aromatic nitrogens is 2. The lowest BCUT2D eigenvalue weighted by molar-refractivity contribution is 0.415. The van der Waals surface area contributed by atoms with Crippen LogP contribution >= 0.6 is 22.9 Å². The predicted octanol–water partition coefficient (Wildman–Crippen LogP) is 3.74. The zero-order valence-corrected chi connectivity index (χ0v) is 15.3. The van der Waals surface area contributed by atoms with Crippen LogP contribution in [0.15, 0.2) is 52.1 Å². The summed E-state index contributed by atoms with van der Waals surface area (Å²) in [6.07, 6.45) is 0. The van der Waals surface area contributed by atoms with Crippen LogP contribution in [0.25, 0.3) is 0 Å². The van der Waals surface area contributed by atoms with E-state index in [9.17, 15) is 8.42 Å². The van der Waals surface area contributed by atoms with Crippen LogP contribution in [0, 0.1) is 0 Å². The first-order chi connectivity index (χ1) is 12.0. The maximum Gasteiger partial charge on any atom is 0.272 e.